The van der Waals surface area contributed by atoms with Gasteiger partial charge in [0.2, 0.25) is 0 Å². The number of ether oxygens (including phenoxy) is 1. The van der Waals surface area contributed by atoms with Gasteiger partial charge in [-0.3, -0.25) is 4.79 Å². The highest BCUT2D eigenvalue weighted by Gasteiger charge is 2.30. The number of fused-ring (bicyclic) bond motifs is 1. The van der Waals surface area contributed by atoms with Crippen LogP contribution in [0.25, 0.3) is 0 Å². The van der Waals surface area contributed by atoms with Gasteiger partial charge in [-0.2, -0.15) is 0 Å². The molecule has 0 bridgehead atoms. The van der Waals surface area contributed by atoms with E-state index in [9.17, 15) is 4.79 Å². The predicted molar refractivity (Wildman–Crippen MR) is 68.6 cm³/mol. The Labute approximate surface area is 103 Å². The molecule has 0 spiro atoms. The van der Waals surface area contributed by atoms with E-state index in [4.69, 9.17) is 4.74 Å². The van der Waals surface area contributed by atoms with Crippen molar-refractivity contribution in [2.45, 2.75) is 46.1 Å². The van der Waals surface area contributed by atoms with Gasteiger partial charge in [0.05, 0.1) is 0 Å². The zero-order valence-electron chi connectivity index (χ0n) is 11.0. The fourth-order valence-electron chi connectivity index (χ4n) is 2.23. The van der Waals surface area contributed by atoms with E-state index < -0.39 is 0 Å². The molecule has 0 fully saturated rings. The van der Waals surface area contributed by atoms with E-state index in [1.165, 1.54) is 0 Å². The van der Waals surface area contributed by atoms with E-state index in [0.717, 1.165) is 29.7 Å². The standard InChI is InChI=1S/C15H20O2/c1-5-10(2)14(16)11-6-7-13-12(8-11)9-15(3,4)17-13/h6-8,10H,5,9H2,1-4H3. The van der Waals surface area contributed by atoms with Gasteiger partial charge in [0.25, 0.3) is 0 Å². The Morgan fingerprint density at radius 2 is 2.18 bits per heavy atom. The van der Waals surface area contributed by atoms with Crippen molar-refractivity contribution in [3.8, 4) is 5.75 Å². The van der Waals surface area contributed by atoms with Crippen LogP contribution in [0.3, 0.4) is 0 Å². The van der Waals surface area contributed by atoms with Crippen LogP contribution in [0.5, 0.6) is 5.75 Å². The summed E-state index contributed by atoms with van der Waals surface area (Å²) in [5.74, 6) is 1.26. The van der Waals surface area contributed by atoms with E-state index in [-0.39, 0.29) is 17.3 Å². The topological polar surface area (TPSA) is 26.3 Å². The highest BCUT2D eigenvalue weighted by Crippen LogP contribution is 2.35. The third-order valence-electron chi connectivity index (χ3n) is 3.41. The summed E-state index contributed by atoms with van der Waals surface area (Å²) in [6.07, 6.45) is 1.77. The van der Waals surface area contributed by atoms with Gasteiger partial charge < -0.3 is 4.74 Å². The molecule has 17 heavy (non-hydrogen) atoms. The Bertz CT molecular complexity index is 446. The second-order valence-corrected chi connectivity index (χ2v) is 5.53. The summed E-state index contributed by atoms with van der Waals surface area (Å²) in [5.41, 5.74) is 1.84. The molecule has 1 aliphatic rings. The van der Waals surface area contributed by atoms with Crippen molar-refractivity contribution in [3.05, 3.63) is 29.3 Å². The molecule has 1 aromatic rings. The number of carbonyl (C=O) groups excluding carboxylic acids is 1. The van der Waals surface area contributed by atoms with Crippen molar-refractivity contribution in [1.82, 2.24) is 0 Å². The minimum absolute atomic E-state index is 0.100. The average molecular weight is 232 g/mol. The molecule has 0 N–H and O–H groups in total. The van der Waals surface area contributed by atoms with Crippen LogP contribution in [0.2, 0.25) is 0 Å². The highest BCUT2D eigenvalue weighted by molar-refractivity contribution is 5.98. The van der Waals surface area contributed by atoms with Crippen LogP contribution < -0.4 is 4.74 Å². The van der Waals surface area contributed by atoms with E-state index in [1.54, 1.807) is 0 Å². The largest absolute Gasteiger partial charge is 0.487 e. The molecule has 0 saturated heterocycles. The first-order chi connectivity index (χ1) is 7.93. The first kappa shape index (κ1) is 12.2. The molecule has 0 aliphatic carbocycles. The molecular weight excluding hydrogens is 212 g/mol. The van der Waals surface area contributed by atoms with Gasteiger partial charge in [-0.1, -0.05) is 13.8 Å². The van der Waals surface area contributed by atoms with E-state index in [0.29, 0.717) is 0 Å². The van der Waals surface area contributed by atoms with Crippen molar-refractivity contribution >= 4 is 5.78 Å². The summed E-state index contributed by atoms with van der Waals surface area (Å²) in [4.78, 5) is 12.1. The van der Waals surface area contributed by atoms with Crippen molar-refractivity contribution in [3.63, 3.8) is 0 Å². The Morgan fingerprint density at radius 3 is 2.82 bits per heavy atom. The van der Waals surface area contributed by atoms with E-state index in [1.807, 2.05) is 32.0 Å². The Kier molecular flexibility index (Phi) is 2.98. The lowest BCUT2D eigenvalue weighted by Crippen LogP contribution is -2.24. The Hall–Kier alpha value is -1.31. The monoisotopic (exact) mass is 232 g/mol. The van der Waals surface area contributed by atoms with Crippen LogP contribution in [0.4, 0.5) is 0 Å². The summed E-state index contributed by atoms with van der Waals surface area (Å²) in [6, 6.07) is 5.81. The number of rotatable bonds is 3. The quantitative estimate of drug-likeness (QED) is 0.744. The number of ketones is 1. The smallest absolute Gasteiger partial charge is 0.165 e. The van der Waals surface area contributed by atoms with Crippen LogP contribution in [0.15, 0.2) is 18.2 Å². The van der Waals surface area contributed by atoms with Gasteiger partial charge in [0.15, 0.2) is 5.78 Å². The van der Waals surface area contributed by atoms with Crippen LogP contribution in [-0.2, 0) is 6.42 Å². The lowest BCUT2D eigenvalue weighted by Gasteiger charge is -2.16. The number of Topliss-reactive ketones (excluding diaryl/α,β-unsaturated/α-hetero) is 1. The van der Waals surface area contributed by atoms with Gasteiger partial charge in [0.1, 0.15) is 11.4 Å². The van der Waals surface area contributed by atoms with Crippen LogP contribution >= 0.6 is 0 Å². The van der Waals surface area contributed by atoms with Gasteiger partial charge in [0, 0.05) is 17.9 Å². The normalized spacial score (nSPS) is 18.4. The molecule has 92 valence electrons. The maximum absolute atomic E-state index is 12.1. The molecule has 2 nitrogen and oxygen atoms in total. The van der Waals surface area contributed by atoms with E-state index >= 15 is 0 Å². The molecule has 0 radical (unpaired) electrons. The fourth-order valence-corrected chi connectivity index (χ4v) is 2.23. The molecule has 0 aromatic heterocycles. The van der Waals surface area contributed by atoms with Gasteiger partial charge in [-0.25, -0.2) is 0 Å². The lowest BCUT2D eigenvalue weighted by atomic mass is 9.94. The summed E-state index contributed by atoms with van der Waals surface area (Å²) >= 11 is 0. The zero-order valence-corrected chi connectivity index (χ0v) is 11.0. The third kappa shape index (κ3) is 2.36. The lowest BCUT2D eigenvalue weighted by molar-refractivity contribution is 0.0927. The average Bonchev–Trinajstić information content (AvgIpc) is 2.59. The molecule has 1 aromatic carbocycles. The summed E-state index contributed by atoms with van der Waals surface area (Å²) < 4.78 is 5.80. The Balaban J connectivity index is 2.28. The van der Waals surface area contributed by atoms with Crippen molar-refractivity contribution in [2.24, 2.45) is 5.92 Å². The number of hydrogen-bond acceptors (Lipinski definition) is 2. The molecule has 0 saturated carbocycles. The second-order valence-electron chi connectivity index (χ2n) is 5.53. The van der Waals surface area contributed by atoms with Crippen LogP contribution in [0.1, 0.15) is 50.0 Å². The number of benzene rings is 1. The fraction of sp³-hybridized carbons (Fsp3) is 0.533. The Morgan fingerprint density at radius 1 is 1.47 bits per heavy atom. The number of hydrogen-bond donors (Lipinski definition) is 0. The first-order valence-corrected chi connectivity index (χ1v) is 6.29. The molecular formula is C15H20O2. The summed E-state index contributed by atoms with van der Waals surface area (Å²) in [7, 11) is 0. The third-order valence-corrected chi connectivity index (χ3v) is 3.41. The van der Waals surface area contributed by atoms with Gasteiger partial charge >= 0.3 is 0 Å². The molecule has 2 heteroatoms. The molecule has 0 amide bonds. The SMILES string of the molecule is CCC(C)C(=O)c1ccc2c(c1)CC(C)(C)O2. The van der Waals surface area contributed by atoms with Gasteiger partial charge in [-0.15, -0.1) is 0 Å². The number of carbonyl (C=O) groups is 1. The minimum Gasteiger partial charge on any atom is -0.487 e. The summed E-state index contributed by atoms with van der Waals surface area (Å²) in [6.45, 7) is 8.17. The zero-order chi connectivity index (χ0) is 12.6. The predicted octanol–water partition coefficient (Wildman–Crippen LogP) is 3.63. The highest BCUT2D eigenvalue weighted by atomic mass is 16.5. The second kappa shape index (κ2) is 4.17. The maximum atomic E-state index is 12.1. The van der Waals surface area contributed by atoms with Crippen molar-refractivity contribution < 1.29 is 9.53 Å². The summed E-state index contributed by atoms with van der Waals surface area (Å²) in [5, 5.41) is 0. The van der Waals surface area contributed by atoms with Crippen molar-refractivity contribution in [2.75, 3.05) is 0 Å². The van der Waals surface area contributed by atoms with Gasteiger partial charge in [-0.05, 0) is 44.0 Å². The van der Waals surface area contributed by atoms with Crippen molar-refractivity contribution in [1.29, 1.82) is 0 Å². The molecule has 1 heterocycles. The molecule has 1 atom stereocenters. The van der Waals surface area contributed by atoms with Crippen LogP contribution in [0, 0.1) is 5.92 Å². The minimum atomic E-state index is -0.139. The maximum Gasteiger partial charge on any atom is 0.165 e. The molecule has 1 unspecified atom stereocenters. The first-order valence-electron chi connectivity index (χ1n) is 6.29. The molecule has 2 rings (SSSR count). The molecule has 1 aliphatic heterocycles. The van der Waals surface area contributed by atoms with E-state index in [2.05, 4.69) is 13.8 Å². The van der Waals surface area contributed by atoms with Crippen LogP contribution in [-0.4, -0.2) is 11.4 Å².